The average molecular weight is 271 g/mol. The number of nitrogens with one attached hydrogen (secondary N) is 1. The fourth-order valence-electron chi connectivity index (χ4n) is 1.86. The molecule has 1 N–H and O–H groups in total. The van der Waals surface area contributed by atoms with E-state index in [0.717, 1.165) is 0 Å². The predicted molar refractivity (Wildman–Crippen MR) is 68.9 cm³/mol. The standard InChI is InChI=1S/C11H17N3O3S/c1-8-6-9(17-13-8)12-10(15)14-4-5-18(16)11(2,3)7-14/h6H,4-5,7H2,1-3H3,(H,12,15). The maximum atomic E-state index is 12.0. The van der Waals surface area contributed by atoms with E-state index in [1.165, 1.54) is 0 Å². The average Bonchev–Trinajstić information content (AvgIpc) is 2.68. The van der Waals surface area contributed by atoms with Gasteiger partial charge in [-0.25, -0.2) is 4.79 Å². The SMILES string of the molecule is Cc1cc(NC(=O)N2CCS(=O)C(C)(C)C2)on1. The van der Waals surface area contributed by atoms with Crippen LogP contribution in [0.5, 0.6) is 0 Å². The molecule has 1 aliphatic rings. The van der Waals surface area contributed by atoms with E-state index in [-0.39, 0.29) is 10.8 Å². The molecule has 100 valence electrons. The topological polar surface area (TPSA) is 75.4 Å². The van der Waals surface area contributed by atoms with E-state index in [1.54, 1.807) is 17.9 Å². The molecule has 2 amide bonds. The van der Waals surface area contributed by atoms with Crippen LogP contribution >= 0.6 is 0 Å². The van der Waals surface area contributed by atoms with Gasteiger partial charge in [0, 0.05) is 35.7 Å². The van der Waals surface area contributed by atoms with Crippen LogP contribution in [-0.2, 0) is 10.8 Å². The fraction of sp³-hybridized carbons (Fsp3) is 0.636. The first-order chi connectivity index (χ1) is 8.38. The lowest BCUT2D eigenvalue weighted by molar-refractivity contribution is 0.206. The highest BCUT2D eigenvalue weighted by Crippen LogP contribution is 2.21. The lowest BCUT2D eigenvalue weighted by atomic mass is 10.2. The molecule has 0 spiro atoms. The lowest BCUT2D eigenvalue weighted by Crippen LogP contribution is -2.53. The van der Waals surface area contributed by atoms with Crippen LogP contribution in [0.3, 0.4) is 0 Å². The van der Waals surface area contributed by atoms with Crippen LogP contribution < -0.4 is 5.32 Å². The van der Waals surface area contributed by atoms with Gasteiger partial charge < -0.3 is 9.42 Å². The maximum Gasteiger partial charge on any atom is 0.324 e. The molecule has 6 nitrogen and oxygen atoms in total. The Bertz CT molecular complexity index is 484. The second-order valence-corrected chi connectivity index (χ2v) is 7.20. The van der Waals surface area contributed by atoms with Crippen molar-refractivity contribution in [3.63, 3.8) is 0 Å². The van der Waals surface area contributed by atoms with E-state index in [1.807, 2.05) is 13.8 Å². The summed E-state index contributed by atoms with van der Waals surface area (Å²) in [5.41, 5.74) is 0.713. The Morgan fingerprint density at radius 1 is 1.61 bits per heavy atom. The molecule has 2 heterocycles. The van der Waals surface area contributed by atoms with Crippen molar-refractivity contribution < 1.29 is 13.5 Å². The number of hydrogen-bond donors (Lipinski definition) is 1. The van der Waals surface area contributed by atoms with E-state index < -0.39 is 10.8 Å². The number of hydrogen-bond acceptors (Lipinski definition) is 4. The minimum Gasteiger partial charge on any atom is -0.338 e. The van der Waals surface area contributed by atoms with Crippen LogP contribution in [0.1, 0.15) is 19.5 Å². The summed E-state index contributed by atoms with van der Waals surface area (Å²) in [6.45, 7) is 6.56. The van der Waals surface area contributed by atoms with Crippen molar-refractivity contribution in [2.24, 2.45) is 0 Å². The van der Waals surface area contributed by atoms with Crippen LogP contribution in [0.15, 0.2) is 10.6 Å². The number of nitrogens with zero attached hydrogens (tertiary/aromatic N) is 2. The molecular formula is C11H17N3O3S. The Labute approximate surface area is 108 Å². The number of anilines is 1. The molecule has 2 rings (SSSR count). The smallest absolute Gasteiger partial charge is 0.324 e. The molecule has 0 aliphatic carbocycles. The van der Waals surface area contributed by atoms with Gasteiger partial charge in [0.05, 0.1) is 10.4 Å². The highest BCUT2D eigenvalue weighted by molar-refractivity contribution is 7.86. The van der Waals surface area contributed by atoms with Crippen molar-refractivity contribution in [2.45, 2.75) is 25.5 Å². The summed E-state index contributed by atoms with van der Waals surface area (Å²) >= 11 is 0. The van der Waals surface area contributed by atoms with Gasteiger partial charge in [-0.2, -0.15) is 0 Å². The third-order valence-electron chi connectivity index (χ3n) is 2.88. The van der Waals surface area contributed by atoms with E-state index in [9.17, 15) is 9.00 Å². The van der Waals surface area contributed by atoms with Crippen molar-refractivity contribution in [3.8, 4) is 0 Å². The highest BCUT2D eigenvalue weighted by atomic mass is 32.2. The Morgan fingerprint density at radius 2 is 2.33 bits per heavy atom. The summed E-state index contributed by atoms with van der Waals surface area (Å²) < 4.78 is 16.3. The summed E-state index contributed by atoms with van der Waals surface area (Å²) in [5.74, 6) is 0.845. The highest BCUT2D eigenvalue weighted by Gasteiger charge is 2.35. The van der Waals surface area contributed by atoms with Crippen LogP contribution in [0.4, 0.5) is 10.7 Å². The molecule has 1 aromatic rings. The molecule has 1 atom stereocenters. The van der Waals surface area contributed by atoms with Gasteiger partial charge in [-0.1, -0.05) is 5.16 Å². The number of carbonyl (C=O) groups is 1. The first-order valence-electron chi connectivity index (χ1n) is 5.76. The van der Waals surface area contributed by atoms with Crippen molar-refractivity contribution in [1.82, 2.24) is 10.1 Å². The molecule has 0 aromatic carbocycles. The Kier molecular flexibility index (Phi) is 3.43. The molecule has 0 radical (unpaired) electrons. The quantitative estimate of drug-likeness (QED) is 0.836. The predicted octanol–water partition coefficient (Wildman–Crippen LogP) is 1.36. The minimum atomic E-state index is -0.888. The molecule has 1 aliphatic heterocycles. The van der Waals surface area contributed by atoms with Gasteiger partial charge in [-0.05, 0) is 20.8 Å². The second-order valence-electron chi connectivity index (χ2n) is 4.99. The summed E-state index contributed by atoms with van der Waals surface area (Å²) in [6, 6.07) is 1.42. The minimum absolute atomic E-state index is 0.240. The van der Waals surface area contributed by atoms with Crippen molar-refractivity contribution in [2.75, 3.05) is 24.2 Å². The van der Waals surface area contributed by atoms with Gasteiger partial charge in [-0.15, -0.1) is 0 Å². The molecular weight excluding hydrogens is 254 g/mol. The first kappa shape index (κ1) is 13.1. The largest absolute Gasteiger partial charge is 0.338 e. The molecule has 7 heteroatoms. The van der Waals surface area contributed by atoms with Crippen LogP contribution in [0, 0.1) is 6.92 Å². The molecule has 18 heavy (non-hydrogen) atoms. The zero-order chi connectivity index (χ0) is 13.3. The second kappa shape index (κ2) is 4.72. The summed E-state index contributed by atoms with van der Waals surface area (Å²) in [6.07, 6.45) is 0. The van der Waals surface area contributed by atoms with Crippen molar-refractivity contribution in [3.05, 3.63) is 11.8 Å². The molecule has 0 saturated carbocycles. The van der Waals surface area contributed by atoms with E-state index >= 15 is 0 Å². The number of urea groups is 1. The first-order valence-corrected chi connectivity index (χ1v) is 7.08. The zero-order valence-electron chi connectivity index (χ0n) is 10.7. The third kappa shape index (κ3) is 2.72. The number of carbonyl (C=O) groups excluding carboxylic acids is 1. The normalized spacial score (nSPS) is 22.8. The maximum absolute atomic E-state index is 12.0. The molecule has 1 unspecified atom stereocenters. The van der Waals surface area contributed by atoms with Crippen molar-refractivity contribution >= 4 is 22.7 Å². The summed E-state index contributed by atoms with van der Waals surface area (Å²) in [5, 5.41) is 6.34. The third-order valence-corrected chi connectivity index (χ3v) is 4.80. The van der Waals surface area contributed by atoms with E-state index in [4.69, 9.17) is 4.52 Å². The van der Waals surface area contributed by atoms with Crippen molar-refractivity contribution in [1.29, 1.82) is 0 Å². The Balaban J connectivity index is 2.00. The van der Waals surface area contributed by atoms with Gasteiger partial charge >= 0.3 is 6.03 Å². The van der Waals surface area contributed by atoms with Gasteiger partial charge in [0.2, 0.25) is 5.88 Å². The van der Waals surface area contributed by atoms with Gasteiger partial charge in [0.1, 0.15) is 0 Å². The van der Waals surface area contributed by atoms with Gasteiger partial charge in [-0.3, -0.25) is 9.53 Å². The summed E-state index contributed by atoms with van der Waals surface area (Å²) in [7, 11) is -0.888. The number of aryl methyl sites for hydroxylation is 1. The van der Waals surface area contributed by atoms with Crippen LogP contribution in [0.2, 0.25) is 0 Å². The van der Waals surface area contributed by atoms with Crippen LogP contribution in [-0.4, -0.2) is 43.9 Å². The number of amides is 2. The lowest BCUT2D eigenvalue weighted by Gasteiger charge is -2.36. The fourth-order valence-corrected chi connectivity index (χ4v) is 3.10. The number of rotatable bonds is 1. The monoisotopic (exact) mass is 271 g/mol. The van der Waals surface area contributed by atoms with Crippen LogP contribution in [0.25, 0.3) is 0 Å². The molecule has 1 saturated heterocycles. The molecule has 1 fully saturated rings. The van der Waals surface area contributed by atoms with Gasteiger partial charge in [0.25, 0.3) is 0 Å². The summed E-state index contributed by atoms with van der Waals surface area (Å²) in [4.78, 5) is 13.7. The zero-order valence-corrected chi connectivity index (χ0v) is 11.5. The van der Waals surface area contributed by atoms with Gasteiger partial charge in [0.15, 0.2) is 0 Å². The van der Waals surface area contributed by atoms with E-state index in [2.05, 4.69) is 10.5 Å². The Hall–Kier alpha value is -1.37. The Morgan fingerprint density at radius 3 is 2.89 bits per heavy atom. The molecule has 1 aromatic heterocycles. The van der Waals surface area contributed by atoms with E-state index in [0.29, 0.717) is 30.4 Å². The molecule has 0 bridgehead atoms. The number of aromatic nitrogens is 1.